The molecule has 3 rings (SSSR count). The van der Waals surface area contributed by atoms with Crippen LogP contribution in [0.5, 0.6) is 11.5 Å². The van der Waals surface area contributed by atoms with Gasteiger partial charge in [-0.05, 0) is 36.8 Å². The van der Waals surface area contributed by atoms with Gasteiger partial charge in [-0.25, -0.2) is 17.9 Å². The summed E-state index contributed by atoms with van der Waals surface area (Å²) < 4.78 is 43.8. The summed E-state index contributed by atoms with van der Waals surface area (Å²) in [6, 6.07) is 11.6. The Morgan fingerprint density at radius 2 is 1.96 bits per heavy atom. The molecule has 8 heteroatoms. The van der Waals surface area contributed by atoms with E-state index >= 15 is 0 Å². The van der Waals surface area contributed by atoms with E-state index in [1.54, 1.807) is 25.1 Å². The Labute approximate surface area is 151 Å². The average Bonchev–Trinajstić information content (AvgIpc) is 2.66. The molecule has 1 atom stereocenters. The van der Waals surface area contributed by atoms with Crippen LogP contribution in [-0.4, -0.2) is 40.8 Å². The summed E-state index contributed by atoms with van der Waals surface area (Å²) in [4.78, 5) is 11.7. The van der Waals surface area contributed by atoms with Gasteiger partial charge in [0, 0.05) is 0 Å². The molecule has 7 nitrogen and oxygen atoms in total. The van der Waals surface area contributed by atoms with Crippen LogP contribution in [0.2, 0.25) is 0 Å². The van der Waals surface area contributed by atoms with Gasteiger partial charge in [-0.15, -0.1) is 0 Å². The first-order valence-electron chi connectivity index (χ1n) is 7.98. The number of ether oxygens (including phenoxy) is 3. The number of hydrogen-bond acceptors (Lipinski definition) is 6. The smallest absolute Gasteiger partial charge is 0.337 e. The predicted molar refractivity (Wildman–Crippen MR) is 94.1 cm³/mol. The molecule has 0 aromatic heterocycles. The summed E-state index contributed by atoms with van der Waals surface area (Å²) in [5, 5.41) is 0. The van der Waals surface area contributed by atoms with Crippen LogP contribution in [-0.2, 0) is 14.8 Å². The van der Waals surface area contributed by atoms with E-state index in [4.69, 9.17) is 9.47 Å². The van der Waals surface area contributed by atoms with Crippen molar-refractivity contribution in [2.75, 3.05) is 20.3 Å². The second-order valence-corrected chi connectivity index (χ2v) is 7.56. The van der Waals surface area contributed by atoms with Crippen molar-refractivity contribution in [1.29, 1.82) is 0 Å². The summed E-state index contributed by atoms with van der Waals surface area (Å²) in [5.41, 5.74) is 0.695. The van der Waals surface area contributed by atoms with Crippen LogP contribution in [0.1, 0.15) is 15.9 Å². The molecule has 0 fully saturated rings. The van der Waals surface area contributed by atoms with Gasteiger partial charge in [-0.1, -0.05) is 18.2 Å². The van der Waals surface area contributed by atoms with Gasteiger partial charge in [0.25, 0.3) is 0 Å². The first-order valence-corrected chi connectivity index (χ1v) is 9.46. The molecule has 0 amide bonds. The molecule has 138 valence electrons. The van der Waals surface area contributed by atoms with Gasteiger partial charge < -0.3 is 14.2 Å². The topological polar surface area (TPSA) is 90.9 Å². The van der Waals surface area contributed by atoms with E-state index in [-0.39, 0.29) is 23.6 Å². The molecule has 2 aromatic rings. The zero-order valence-corrected chi connectivity index (χ0v) is 15.2. The number of methoxy groups -OCH3 is 1. The number of benzene rings is 2. The monoisotopic (exact) mass is 377 g/mol. The lowest BCUT2D eigenvalue weighted by molar-refractivity contribution is 0.0600. The van der Waals surface area contributed by atoms with E-state index in [0.29, 0.717) is 17.1 Å². The minimum Gasteiger partial charge on any atom is -0.486 e. The molecule has 2 aromatic carbocycles. The molecule has 0 saturated heterocycles. The number of rotatable bonds is 5. The summed E-state index contributed by atoms with van der Waals surface area (Å²) >= 11 is 0. The van der Waals surface area contributed by atoms with Crippen molar-refractivity contribution in [2.45, 2.75) is 17.9 Å². The predicted octanol–water partition coefficient (Wildman–Crippen LogP) is 1.90. The molecule has 0 saturated carbocycles. The number of para-hydroxylation sites is 2. The second kappa shape index (κ2) is 7.35. The van der Waals surface area contributed by atoms with E-state index in [2.05, 4.69) is 9.46 Å². The maximum Gasteiger partial charge on any atom is 0.337 e. The molecular formula is C18H19NO6S. The molecule has 1 unspecified atom stereocenters. The van der Waals surface area contributed by atoms with Crippen LogP contribution in [0, 0.1) is 6.92 Å². The van der Waals surface area contributed by atoms with Crippen LogP contribution in [0.25, 0.3) is 0 Å². The van der Waals surface area contributed by atoms with Gasteiger partial charge in [0.2, 0.25) is 10.0 Å². The highest BCUT2D eigenvalue weighted by molar-refractivity contribution is 7.89. The molecule has 0 bridgehead atoms. The Balaban J connectivity index is 1.73. The van der Waals surface area contributed by atoms with Crippen LogP contribution in [0.4, 0.5) is 0 Å². The van der Waals surface area contributed by atoms with Gasteiger partial charge in [0.05, 0.1) is 24.1 Å². The standard InChI is InChI=1S/C18H19NO6S/c1-12-7-8-13(18(20)23-2)9-17(12)26(21,22)19-10-14-11-24-15-5-3-4-6-16(15)25-14/h3-9,14,19H,10-11H2,1-2H3. The number of carbonyl (C=O) groups excluding carboxylic acids is 1. The third kappa shape index (κ3) is 3.81. The molecule has 0 radical (unpaired) electrons. The Bertz CT molecular complexity index is 925. The zero-order valence-electron chi connectivity index (χ0n) is 14.4. The molecule has 1 aliphatic heterocycles. The molecular weight excluding hydrogens is 358 g/mol. The maximum atomic E-state index is 12.6. The number of nitrogens with one attached hydrogen (secondary N) is 1. The first kappa shape index (κ1) is 18.2. The molecule has 1 aliphatic rings. The summed E-state index contributed by atoms with van der Waals surface area (Å²) in [5.74, 6) is 0.613. The van der Waals surface area contributed by atoms with Crippen molar-refractivity contribution >= 4 is 16.0 Å². The highest BCUT2D eigenvalue weighted by Gasteiger charge is 2.25. The van der Waals surface area contributed by atoms with Crippen molar-refractivity contribution in [3.05, 3.63) is 53.6 Å². The number of esters is 1. The average molecular weight is 377 g/mol. The summed E-state index contributed by atoms with van der Waals surface area (Å²) in [6.45, 7) is 1.94. The fourth-order valence-corrected chi connectivity index (χ4v) is 3.91. The largest absolute Gasteiger partial charge is 0.486 e. The Morgan fingerprint density at radius 1 is 1.23 bits per heavy atom. The number of sulfonamides is 1. The van der Waals surface area contributed by atoms with Gasteiger partial charge in [-0.3, -0.25) is 0 Å². The number of fused-ring (bicyclic) bond motifs is 1. The molecule has 26 heavy (non-hydrogen) atoms. The quantitative estimate of drug-likeness (QED) is 0.801. The lowest BCUT2D eigenvalue weighted by atomic mass is 10.1. The van der Waals surface area contributed by atoms with E-state index in [0.717, 1.165) is 0 Å². The van der Waals surface area contributed by atoms with Crippen molar-refractivity contribution in [3.8, 4) is 11.5 Å². The van der Waals surface area contributed by atoms with E-state index in [1.165, 1.54) is 19.2 Å². The lowest BCUT2D eigenvalue weighted by Gasteiger charge is -2.26. The van der Waals surface area contributed by atoms with Gasteiger partial charge in [0.1, 0.15) is 12.7 Å². The highest BCUT2D eigenvalue weighted by Crippen LogP contribution is 2.30. The normalized spacial score (nSPS) is 16.2. The fourth-order valence-electron chi connectivity index (χ4n) is 2.58. The van der Waals surface area contributed by atoms with Crippen molar-refractivity contribution in [1.82, 2.24) is 4.72 Å². The first-order chi connectivity index (χ1) is 12.4. The molecule has 0 aliphatic carbocycles. The molecule has 0 spiro atoms. The van der Waals surface area contributed by atoms with Crippen LogP contribution in [0.15, 0.2) is 47.4 Å². The van der Waals surface area contributed by atoms with Crippen LogP contribution in [0.3, 0.4) is 0 Å². The van der Waals surface area contributed by atoms with Gasteiger partial charge >= 0.3 is 5.97 Å². The van der Waals surface area contributed by atoms with E-state index in [9.17, 15) is 13.2 Å². The number of aryl methyl sites for hydroxylation is 1. The van der Waals surface area contributed by atoms with Crippen LogP contribution < -0.4 is 14.2 Å². The minimum atomic E-state index is -3.83. The van der Waals surface area contributed by atoms with Gasteiger partial charge in [0.15, 0.2) is 11.5 Å². The third-order valence-corrected chi connectivity index (χ3v) is 5.53. The van der Waals surface area contributed by atoms with Crippen LogP contribution >= 0.6 is 0 Å². The Morgan fingerprint density at radius 3 is 2.69 bits per heavy atom. The van der Waals surface area contributed by atoms with Crippen molar-refractivity contribution < 1.29 is 27.4 Å². The lowest BCUT2D eigenvalue weighted by Crippen LogP contribution is -2.40. The Hall–Kier alpha value is -2.58. The summed E-state index contributed by atoms with van der Waals surface area (Å²) in [7, 11) is -2.58. The highest BCUT2D eigenvalue weighted by atomic mass is 32.2. The number of hydrogen-bond donors (Lipinski definition) is 1. The number of carbonyl (C=O) groups is 1. The van der Waals surface area contributed by atoms with E-state index in [1.807, 2.05) is 12.1 Å². The van der Waals surface area contributed by atoms with Crippen molar-refractivity contribution in [3.63, 3.8) is 0 Å². The second-order valence-electron chi connectivity index (χ2n) is 5.82. The SMILES string of the molecule is COC(=O)c1ccc(C)c(S(=O)(=O)NCC2COc3ccccc3O2)c1. The minimum absolute atomic E-state index is 0.0255. The molecule has 1 heterocycles. The third-order valence-electron chi connectivity index (χ3n) is 3.97. The van der Waals surface area contributed by atoms with E-state index < -0.39 is 22.1 Å². The summed E-state index contributed by atoms with van der Waals surface area (Å²) in [6.07, 6.45) is -0.455. The van der Waals surface area contributed by atoms with Gasteiger partial charge in [-0.2, -0.15) is 0 Å². The Kier molecular flexibility index (Phi) is 5.15. The fraction of sp³-hybridized carbons (Fsp3) is 0.278. The van der Waals surface area contributed by atoms with Crippen molar-refractivity contribution in [2.24, 2.45) is 0 Å². The maximum absolute atomic E-state index is 12.6. The molecule has 1 N–H and O–H groups in total. The zero-order chi connectivity index (χ0) is 18.7.